The predicted octanol–water partition coefficient (Wildman–Crippen LogP) is 2.86. The number of aryl methyl sites for hydroxylation is 4. The van der Waals surface area contributed by atoms with Crippen molar-refractivity contribution in [3.05, 3.63) is 57.6 Å². The summed E-state index contributed by atoms with van der Waals surface area (Å²) < 4.78 is 34.4. The summed E-state index contributed by atoms with van der Waals surface area (Å²) in [6.07, 6.45) is 0. The lowest BCUT2D eigenvalue weighted by molar-refractivity contribution is 0.527. The third-order valence-corrected chi connectivity index (χ3v) is 5.66. The average Bonchev–Trinajstić information content (AvgIpc) is 2.77. The van der Waals surface area contributed by atoms with E-state index in [4.69, 9.17) is 4.42 Å². The second kappa shape index (κ2) is 5.52. The Kier molecular flexibility index (Phi) is 3.76. The molecule has 3 rings (SSSR count). The molecular weight excluding hydrogens is 328 g/mol. The maximum absolute atomic E-state index is 12.7. The van der Waals surface area contributed by atoms with Crippen molar-refractivity contribution in [1.82, 2.24) is 4.57 Å². The largest absolute Gasteiger partial charge is 0.419 e. The zero-order chi connectivity index (χ0) is 17.6. The van der Waals surface area contributed by atoms with Crippen LogP contribution in [-0.2, 0) is 17.1 Å². The van der Waals surface area contributed by atoms with Crippen LogP contribution in [0.25, 0.3) is 11.1 Å². The maximum atomic E-state index is 12.7. The zero-order valence-corrected chi connectivity index (χ0v) is 14.7. The Hall–Kier alpha value is -2.54. The topological polar surface area (TPSA) is 81.3 Å². The van der Waals surface area contributed by atoms with E-state index in [1.807, 2.05) is 19.9 Å². The van der Waals surface area contributed by atoms with Crippen molar-refractivity contribution >= 4 is 26.8 Å². The summed E-state index contributed by atoms with van der Waals surface area (Å²) in [6.45, 7) is 5.57. The van der Waals surface area contributed by atoms with Crippen LogP contribution >= 0.6 is 0 Å². The smallest absolute Gasteiger partial charge is 0.408 e. The first-order valence-electron chi connectivity index (χ1n) is 7.39. The van der Waals surface area contributed by atoms with Crippen LogP contribution in [0.3, 0.4) is 0 Å². The fraction of sp³-hybridized carbons (Fsp3) is 0.235. The Balaban J connectivity index is 2.09. The molecule has 1 N–H and O–H groups in total. The highest BCUT2D eigenvalue weighted by Gasteiger charge is 2.20. The van der Waals surface area contributed by atoms with Gasteiger partial charge in [-0.15, -0.1) is 0 Å². The molecule has 1 aromatic heterocycles. The van der Waals surface area contributed by atoms with Crippen molar-refractivity contribution in [3.8, 4) is 0 Å². The Labute approximate surface area is 139 Å². The minimum atomic E-state index is -3.79. The van der Waals surface area contributed by atoms with E-state index in [0.717, 1.165) is 11.1 Å². The lowest BCUT2D eigenvalue weighted by atomic mass is 10.1. The predicted molar refractivity (Wildman–Crippen MR) is 92.9 cm³/mol. The Bertz CT molecular complexity index is 1110. The van der Waals surface area contributed by atoms with Crippen LogP contribution in [0.1, 0.15) is 16.7 Å². The van der Waals surface area contributed by atoms with E-state index in [0.29, 0.717) is 16.8 Å². The summed E-state index contributed by atoms with van der Waals surface area (Å²) in [7, 11) is -2.21. The molecule has 126 valence electrons. The van der Waals surface area contributed by atoms with Gasteiger partial charge in [-0.1, -0.05) is 6.07 Å². The number of benzene rings is 2. The van der Waals surface area contributed by atoms with Gasteiger partial charge in [0.05, 0.1) is 10.4 Å². The monoisotopic (exact) mass is 346 g/mol. The van der Waals surface area contributed by atoms with Crippen molar-refractivity contribution in [3.63, 3.8) is 0 Å². The van der Waals surface area contributed by atoms with Gasteiger partial charge in [0.1, 0.15) is 0 Å². The fourth-order valence-electron chi connectivity index (χ4n) is 2.56. The van der Waals surface area contributed by atoms with Crippen molar-refractivity contribution in [2.45, 2.75) is 25.7 Å². The van der Waals surface area contributed by atoms with Crippen LogP contribution in [0.2, 0.25) is 0 Å². The Morgan fingerprint density at radius 3 is 2.38 bits per heavy atom. The van der Waals surface area contributed by atoms with Crippen LogP contribution < -0.4 is 10.5 Å². The molecule has 0 amide bonds. The van der Waals surface area contributed by atoms with Gasteiger partial charge in [-0.25, -0.2) is 13.2 Å². The summed E-state index contributed by atoms with van der Waals surface area (Å²) in [6, 6.07) is 8.38. The number of aromatic nitrogens is 1. The van der Waals surface area contributed by atoms with Gasteiger partial charge in [0, 0.05) is 18.8 Å². The molecule has 0 saturated carbocycles. The molecule has 0 fully saturated rings. The van der Waals surface area contributed by atoms with Gasteiger partial charge in [0.2, 0.25) is 0 Å². The molecule has 0 bridgehead atoms. The molecular formula is C17H18N2O4S. The molecule has 0 aliphatic rings. The number of nitrogens with zero attached hydrogens (tertiary/aromatic N) is 1. The van der Waals surface area contributed by atoms with Gasteiger partial charge in [-0.2, -0.15) is 0 Å². The minimum Gasteiger partial charge on any atom is -0.408 e. The van der Waals surface area contributed by atoms with Gasteiger partial charge in [0.15, 0.2) is 5.58 Å². The molecule has 0 spiro atoms. The van der Waals surface area contributed by atoms with E-state index in [9.17, 15) is 13.2 Å². The van der Waals surface area contributed by atoms with Gasteiger partial charge >= 0.3 is 5.76 Å². The minimum absolute atomic E-state index is 0.0857. The summed E-state index contributed by atoms with van der Waals surface area (Å²) >= 11 is 0. The molecule has 3 aromatic rings. The van der Waals surface area contributed by atoms with Crippen LogP contribution in [0.4, 0.5) is 5.69 Å². The van der Waals surface area contributed by atoms with Crippen molar-refractivity contribution < 1.29 is 12.8 Å². The average molecular weight is 346 g/mol. The van der Waals surface area contributed by atoms with Crippen molar-refractivity contribution in [2.24, 2.45) is 7.05 Å². The normalized spacial score (nSPS) is 11.8. The lowest BCUT2D eigenvalue weighted by Crippen LogP contribution is -2.14. The summed E-state index contributed by atoms with van der Waals surface area (Å²) in [5, 5.41) is 0. The lowest BCUT2D eigenvalue weighted by Gasteiger charge is -2.12. The molecule has 0 aliphatic heterocycles. The fourth-order valence-corrected chi connectivity index (χ4v) is 3.86. The van der Waals surface area contributed by atoms with E-state index in [2.05, 4.69) is 4.72 Å². The third kappa shape index (κ3) is 2.71. The van der Waals surface area contributed by atoms with Crippen LogP contribution in [-0.4, -0.2) is 13.0 Å². The van der Waals surface area contributed by atoms with Gasteiger partial charge in [-0.3, -0.25) is 9.29 Å². The molecule has 6 nitrogen and oxygen atoms in total. The van der Waals surface area contributed by atoms with E-state index in [1.54, 1.807) is 32.2 Å². The van der Waals surface area contributed by atoms with Gasteiger partial charge < -0.3 is 4.42 Å². The number of sulfonamides is 1. The van der Waals surface area contributed by atoms with E-state index < -0.39 is 15.8 Å². The number of nitrogens with one attached hydrogen (secondary N) is 1. The third-order valence-electron chi connectivity index (χ3n) is 4.14. The molecule has 7 heteroatoms. The number of anilines is 1. The number of rotatable bonds is 3. The zero-order valence-electron chi connectivity index (χ0n) is 13.9. The molecule has 1 heterocycles. The molecule has 0 saturated heterocycles. The molecule has 0 unspecified atom stereocenters. The number of oxazole rings is 1. The first kappa shape index (κ1) is 16.3. The second-order valence-electron chi connectivity index (χ2n) is 5.92. The van der Waals surface area contributed by atoms with Crippen molar-refractivity contribution in [1.29, 1.82) is 0 Å². The van der Waals surface area contributed by atoms with Gasteiger partial charge in [-0.05, 0) is 55.7 Å². The SMILES string of the molecule is Cc1ccc(NS(=O)(=O)c2cc3oc(=O)n(C)c3cc2C)cc1C. The van der Waals surface area contributed by atoms with Crippen LogP contribution in [0.5, 0.6) is 0 Å². The number of hydrogen-bond acceptors (Lipinski definition) is 4. The Morgan fingerprint density at radius 2 is 1.71 bits per heavy atom. The molecule has 0 aliphatic carbocycles. The van der Waals surface area contributed by atoms with Crippen molar-refractivity contribution in [2.75, 3.05) is 4.72 Å². The van der Waals surface area contributed by atoms with Crippen LogP contribution in [0, 0.1) is 20.8 Å². The standard InChI is InChI=1S/C17H18N2O4S/c1-10-5-6-13(7-11(10)2)18-24(21,22)16-9-15-14(8-12(16)3)19(4)17(20)23-15/h5-9,18H,1-4H3. The van der Waals surface area contributed by atoms with Gasteiger partial charge in [0.25, 0.3) is 10.0 Å². The van der Waals surface area contributed by atoms with E-state index in [-0.39, 0.29) is 10.5 Å². The first-order valence-corrected chi connectivity index (χ1v) is 8.87. The van der Waals surface area contributed by atoms with E-state index >= 15 is 0 Å². The van der Waals surface area contributed by atoms with E-state index in [1.165, 1.54) is 10.6 Å². The number of fused-ring (bicyclic) bond motifs is 1. The molecule has 2 aromatic carbocycles. The maximum Gasteiger partial charge on any atom is 0.419 e. The molecule has 0 radical (unpaired) electrons. The first-order chi connectivity index (χ1) is 11.2. The summed E-state index contributed by atoms with van der Waals surface area (Å²) in [5.41, 5.74) is 3.91. The number of hydrogen-bond donors (Lipinski definition) is 1. The summed E-state index contributed by atoms with van der Waals surface area (Å²) in [5.74, 6) is -0.527. The highest BCUT2D eigenvalue weighted by molar-refractivity contribution is 7.92. The second-order valence-corrected chi connectivity index (χ2v) is 7.57. The van der Waals surface area contributed by atoms with Crippen LogP contribution in [0.15, 0.2) is 44.4 Å². The highest BCUT2D eigenvalue weighted by Crippen LogP contribution is 2.25. The molecule has 24 heavy (non-hydrogen) atoms. The molecule has 0 atom stereocenters. The highest BCUT2D eigenvalue weighted by atomic mass is 32.2. The summed E-state index contributed by atoms with van der Waals surface area (Å²) in [4.78, 5) is 11.7. The quantitative estimate of drug-likeness (QED) is 0.791. The Morgan fingerprint density at radius 1 is 1.00 bits per heavy atom.